The average molecular weight is 723 g/mol. The highest BCUT2D eigenvalue weighted by Gasteiger charge is 2.19. The SMILES string of the molecule is [2H]c1c([2H])c([2H])c2c(c1[2H])c1c([2H])c(-c3c([2H])c([2H])c4c(c3[2H])c3cccc(-c5ccccc5)c3n4-c3cccc(-c4ccccc4)c3)c([2H])c([2H])c1n2-c1cccc(-c2ccccc2)c1. The van der Waals surface area contributed by atoms with Crippen molar-refractivity contribution >= 4 is 43.6 Å². The number of nitrogens with zero attached hydrogens (tertiary/aromatic N) is 2. The number of rotatable bonds is 6. The van der Waals surface area contributed by atoms with Crippen molar-refractivity contribution in [2.75, 3.05) is 0 Å². The molecule has 0 saturated heterocycles. The van der Waals surface area contributed by atoms with E-state index in [1.54, 1.807) is 6.07 Å². The minimum atomic E-state index is -0.525. The third kappa shape index (κ3) is 5.26. The van der Waals surface area contributed by atoms with Gasteiger partial charge in [-0.1, -0.05) is 164 Å². The molecule has 0 aliphatic heterocycles. The summed E-state index contributed by atoms with van der Waals surface area (Å²) in [6.45, 7) is 0. The molecule has 2 heterocycles. The predicted molar refractivity (Wildman–Crippen MR) is 237 cm³/mol. The zero-order valence-electron chi connectivity index (χ0n) is 39.9. The van der Waals surface area contributed by atoms with Crippen molar-refractivity contribution in [3.8, 4) is 55.9 Å². The Morgan fingerprint density at radius 2 is 0.804 bits per heavy atom. The molecule has 0 N–H and O–H groups in total. The van der Waals surface area contributed by atoms with Crippen molar-refractivity contribution < 1.29 is 13.7 Å². The highest BCUT2D eigenvalue weighted by molar-refractivity contribution is 6.15. The van der Waals surface area contributed by atoms with E-state index in [-0.39, 0.29) is 57.1 Å². The van der Waals surface area contributed by atoms with Crippen LogP contribution in [0, 0.1) is 0 Å². The summed E-state index contributed by atoms with van der Waals surface area (Å²) in [6.07, 6.45) is 0. The molecule has 0 aliphatic carbocycles. The van der Waals surface area contributed by atoms with Gasteiger partial charge in [-0.3, -0.25) is 0 Å². The van der Waals surface area contributed by atoms with Gasteiger partial charge in [-0.15, -0.1) is 0 Å². The molecule has 9 aromatic carbocycles. The van der Waals surface area contributed by atoms with Crippen LogP contribution in [0.2, 0.25) is 0 Å². The largest absolute Gasteiger partial charge is 0.309 e. The normalized spacial score (nSPS) is 14.1. The van der Waals surface area contributed by atoms with Gasteiger partial charge in [-0.2, -0.15) is 0 Å². The van der Waals surface area contributed by atoms with Gasteiger partial charge in [0.25, 0.3) is 0 Å². The number of para-hydroxylation sites is 2. The Kier molecular flexibility index (Phi) is 5.49. The second kappa shape index (κ2) is 13.2. The summed E-state index contributed by atoms with van der Waals surface area (Å²) in [7, 11) is 0. The van der Waals surface area contributed by atoms with Crippen molar-refractivity contribution in [1.82, 2.24) is 9.13 Å². The van der Waals surface area contributed by atoms with Crippen LogP contribution in [0.1, 0.15) is 13.7 Å². The van der Waals surface area contributed by atoms with Gasteiger partial charge in [-0.05, 0) is 93.4 Å². The van der Waals surface area contributed by atoms with Crippen LogP contribution in [-0.4, -0.2) is 9.13 Å². The molecule has 56 heavy (non-hydrogen) atoms. The van der Waals surface area contributed by atoms with Crippen LogP contribution in [-0.2, 0) is 0 Å². The van der Waals surface area contributed by atoms with Crippen molar-refractivity contribution in [2.45, 2.75) is 0 Å². The van der Waals surface area contributed by atoms with Gasteiger partial charge in [0.15, 0.2) is 0 Å². The fraction of sp³-hybridized carbons (Fsp3) is 0. The molecule has 0 unspecified atom stereocenters. The van der Waals surface area contributed by atoms with E-state index < -0.39 is 36.3 Å². The number of benzene rings is 9. The van der Waals surface area contributed by atoms with Crippen molar-refractivity contribution in [3.63, 3.8) is 0 Å². The highest BCUT2D eigenvalue weighted by Crippen LogP contribution is 2.41. The molecule has 0 amide bonds. The summed E-state index contributed by atoms with van der Waals surface area (Å²) < 4.78 is 98.3. The quantitative estimate of drug-likeness (QED) is 0.162. The van der Waals surface area contributed by atoms with Gasteiger partial charge >= 0.3 is 0 Å². The molecule has 0 atom stereocenters. The molecule has 0 spiro atoms. The predicted octanol–water partition coefficient (Wildman–Crippen LogP) is 14.5. The van der Waals surface area contributed by atoms with Crippen LogP contribution >= 0.6 is 0 Å². The average Bonchev–Trinajstić information content (AvgIpc) is 3.91. The van der Waals surface area contributed by atoms with Crippen LogP contribution in [0.3, 0.4) is 0 Å². The summed E-state index contributed by atoms with van der Waals surface area (Å²) in [4.78, 5) is 0. The van der Waals surface area contributed by atoms with Gasteiger partial charge in [0, 0.05) is 38.5 Å². The number of hydrogen-bond donors (Lipinski definition) is 0. The molecule has 2 heteroatoms. The van der Waals surface area contributed by atoms with Gasteiger partial charge in [0.2, 0.25) is 0 Å². The summed E-state index contributed by atoms with van der Waals surface area (Å²) in [5.41, 5.74) is 7.13. The van der Waals surface area contributed by atoms with E-state index in [1.807, 2.05) is 156 Å². The van der Waals surface area contributed by atoms with Crippen molar-refractivity contribution in [2.24, 2.45) is 0 Å². The topological polar surface area (TPSA) is 9.86 Å². The first-order valence-electron chi connectivity index (χ1n) is 23.5. The molecule has 0 radical (unpaired) electrons. The maximum absolute atomic E-state index is 10.1. The lowest BCUT2D eigenvalue weighted by molar-refractivity contribution is 1.18. The number of aromatic nitrogens is 2. The summed E-state index contributed by atoms with van der Waals surface area (Å²) in [5.74, 6) is 0. The van der Waals surface area contributed by atoms with Gasteiger partial charge in [-0.25, -0.2) is 0 Å². The van der Waals surface area contributed by atoms with E-state index in [9.17, 15) is 11.0 Å². The second-order valence-electron chi connectivity index (χ2n) is 13.7. The fourth-order valence-corrected chi connectivity index (χ4v) is 7.90. The van der Waals surface area contributed by atoms with Crippen LogP contribution in [0.15, 0.2) is 218 Å². The molecule has 11 rings (SSSR count). The summed E-state index contributed by atoms with van der Waals surface area (Å²) in [6, 6.07) is 46.4. The van der Waals surface area contributed by atoms with Gasteiger partial charge in [0.1, 0.15) is 0 Å². The number of hydrogen-bond acceptors (Lipinski definition) is 0. The van der Waals surface area contributed by atoms with E-state index >= 15 is 0 Å². The van der Waals surface area contributed by atoms with E-state index in [0.717, 1.165) is 33.4 Å². The third-order valence-electron chi connectivity index (χ3n) is 10.5. The maximum atomic E-state index is 10.1. The van der Waals surface area contributed by atoms with E-state index in [2.05, 4.69) is 0 Å². The van der Waals surface area contributed by atoms with E-state index in [0.29, 0.717) is 33.2 Å². The molecular weight excluding hydrogens is 677 g/mol. The Bertz CT molecular complexity index is 3810. The van der Waals surface area contributed by atoms with Gasteiger partial charge in [0.05, 0.1) is 35.8 Å². The molecule has 2 nitrogen and oxygen atoms in total. The molecule has 2 aromatic heterocycles. The van der Waals surface area contributed by atoms with E-state index in [1.165, 1.54) is 4.57 Å². The molecule has 0 bridgehead atoms. The molecule has 262 valence electrons. The maximum Gasteiger partial charge on any atom is 0.0645 e. The second-order valence-corrected chi connectivity index (χ2v) is 13.7. The standard InChI is InChI=1S/C54H36N2/c1-4-15-37(16-5-1)40-21-12-23-44(33-40)55-51-28-11-10-25-47(51)49-35-42(29-31-52(49)55)43-30-32-53-50(36-43)48-27-14-26-46(39-19-8-3-9-20-39)54(48)56(53)45-24-13-22-41(34-45)38-17-6-2-7-18-38/h1-36H/i10D,11D,25D,28D,29D,30D,31D,32D,35D,36D. The van der Waals surface area contributed by atoms with Crippen molar-refractivity contribution in [3.05, 3.63) is 218 Å². The third-order valence-corrected chi connectivity index (χ3v) is 10.5. The van der Waals surface area contributed by atoms with Gasteiger partial charge < -0.3 is 9.13 Å². The zero-order valence-corrected chi connectivity index (χ0v) is 29.9. The van der Waals surface area contributed by atoms with E-state index in [4.69, 9.17) is 2.74 Å². The Balaban J connectivity index is 1.26. The molecule has 11 aromatic rings. The Morgan fingerprint density at radius 1 is 0.321 bits per heavy atom. The van der Waals surface area contributed by atoms with Crippen LogP contribution in [0.4, 0.5) is 0 Å². The smallest absolute Gasteiger partial charge is 0.0645 e. The fourth-order valence-electron chi connectivity index (χ4n) is 7.90. The minimum Gasteiger partial charge on any atom is -0.309 e. The monoisotopic (exact) mass is 722 g/mol. The van der Waals surface area contributed by atoms with Crippen LogP contribution in [0.5, 0.6) is 0 Å². The first-order valence-corrected chi connectivity index (χ1v) is 18.5. The minimum absolute atomic E-state index is 0.0185. The van der Waals surface area contributed by atoms with Crippen LogP contribution < -0.4 is 0 Å². The summed E-state index contributed by atoms with van der Waals surface area (Å²) in [5, 5.41) is 0.908. The Hall–Kier alpha value is -7.42. The molecule has 0 saturated carbocycles. The lowest BCUT2D eigenvalue weighted by atomic mass is 9.99. The Labute approximate surface area is 339 Å². The molecule has 0 aliphatic rings. The first-order chi connectivity index (χ1) is 32.0. The van der Waals surface area contributed by atoms with Crippen LogP contribution in [0.25, 0.3) is 99.5 Å². The lowest BCUT2D eigenvalue weighted by Crippen LogP contribution is -1.96. The lowest BCUT2D eigenvalue weighted by Gasteiger charge is -2.13. The summed E-state index contributed by atoms with van der Waals surface area (Å²) >= 11 is 0. The molecule has 0 fully saturated rings. The van der Waals surface area contributed by atoms with Crippen molar-refractivity contribution in [1.29, 1.82) is 0 Å². The molecular formula is C54H36N2. The highest BCUT2D eigenvalue weighted by atomic mass is 15.0. The zero-order chi connectivity index (χ0) is 45.7. The number of fused-ring (bicyclic) bond motifs is 6. The first kappa shape index (κ1) is 23.4. The Morgan fingerprint density at radius 3 is 1.43 bits per heavy atom.